The molecule has 0 saturated heterocycles. The lowest BCUT2D eigenvalue weighted by Crippen LogP contribution is -2.33. The number of carbonyl (C=O) groups excluding carboxylic acids is 1. The second kappa shape index (κ2) is 5.90. The summed E-state index contributed by atoms with van der Waals surface area (Å²) in [5.41, 5.74) is 2.42. The number of carboxylic acid groups (broad SMARTS) is 1. The van der Waals surface area contributed by atoms with Crippen LogP contribution in [0, 0.1) is 13.8 Å². The fourth-order valence-corrected chi connectivity index (χ4v) is 1.47. The monoisotopic (exact) mass is 252 g/mol. The van der Waals surface area contributed by atoms with E-state index in [4.69, 9.17) is 9.84 Å². The first-order valence-corrected chi connectivity index (χ1v) is 5.36. The topological polar surface area (TPSA) is 87.7 Å². The van der Waals surface area contributed by atoms with Crippen molar-refractivity contribution in [3.63, 3.8) is 0 Å². The Hall–Kier alpha value is -2.24. The second-order valence-corrected chi connectivity index (χ2v) is 3.77. The molecule has 18 heavy (non-hydrogen) atoms. The van der Waals surface area contributed by atoms with Gasteiger partial charge < -0.3 is 20.5 Å². The zero-order valence-electron chi connectivity index (χ0n) is 10.5. The van der Waals surface area contributed by atoms with Crippen LogP contribution in [0.5, 0.6) is 5.75 Å². The number of aliphatic carboxylic acids is 1. The van der Waals surface area contributed by atoms with Gasteiger partial charge in [-0.1, -0.05) is 0 Å². The molecule has 0 unspecified atom stereocenters. The Balaban J connectivity index is 2.76. The molecule has 0 bridgehead atoms. The summed E-state index contributed by atoms with van der Waals surface area (Å²) >= 11 is 0. The molecule has 98 valence electrons. The fourth-order valence-electron chi connectivity index (χ4n) is 1.47. The van der Waals surface area contributed by atoms with Crippen LogP contribution in [-0.2, 0) is 4.79 Å². The normalized spacial score (nSPS) is 9.72. The number of ether oxygens (including phenoxy) is 1. The molecule has 0 atom stereocenters. The van der Waals surface area contributed by atoms with Gasteiger partial charge in [-0.05, 0) is 37.1 Å². The SMILES string of the molecule is COc1ccc(NC(=O)NCC(=O)O)c(C)c1C. The highest BCUT2D eigenvalue weighted by molar-refractivity contribution is 5.92. The Morgan fingerprint density at radius 2 is 1.94 bits per heavy atom. The Morgan fingerprint density at radius 1 is 1.28 bits per heavy atom. The average molecular weight is 252 g/mol. The van der Waals surface area contributed by atoms with E-state index in [1.807, 2.05) is 13.8 Å². The third kappa shape index (κ3) is 3.38. The molecule has 0 saturated carbocycles. The van der Waals surface area contributed by atoms with Crippen molar-refractivity contribution in [3.8, 4) is 5.75 Å². The minimum absolute atomic E-state index is 0.417. The van der Waals surface area contributed by atoms with Crippen molar-refractivity contribution in [2.75, 3.05) is 19.0 Å². The molecule has 0 aromatic heterocycles. The third-order valence-corrected chi connectivity index (χ3v) is 2.61. The number of anilines is 1. The highest BCUT2D eigenvalue weighted by Crippen LogP contribution is 2.26. The van der Waals surface area contributed by atoms with Crippen molar-refractivity contribution < 1.29 is 19.4 Å². The van der Waals surface area contributed by atoms with Crippen LogP contribution in [0.15, 0.2) is 12.1 Å². The van der Waals surface area contributed by atoms with Crippen LogP contribution in [0.2, 0.25) is 0 Å². The van der Waals surface area contributed by atoms with E-state index in [-0.39, 0.29) is 0 Å². The summed E-state index contributed by atoms with van der Waals surface area (Å²) in [7, 11) is 1.58. The Bertz CT molecular complexity index is 471. The van der Waals surface area contributed by atoms with E-state index in [1.165, 1.54) is 0 Å². The van der Waals surface area contributed by atoms with Crippen molar-refractivity contribution in [3.05, 3.63) is 23.3 Å². The first-order valence-electron chi connectivity index (χ1n) is 5.36. The van der Waals surface area contributed by atoms with Gasteiger partial charge in [0.1, 0.15) is 12.3 Å². The molecular weight excluding hydrogens is 236 g/mol. The lowest BCUT2D eigenvalue weighted by molar-refractivity contribution is -0.135. The summed E-state index contributed by atoms with van der Waals surface area (Å²) in [6, 6.07) is 2.90. The number of amides is 2. The van der Waals surface area contributed by atoms with E-state index >= 15 is 0 Å². The summed E-state index contributed by atoms with van der Waals surface area (Å²) < 4.78 is 5.16. The number of methoxy groups -OCH3 is 1. The van der Waals surface area contributed by atoms with Crippen LogP contribution in [0.3, 0.4) is 0 Å². The highest BCUT2D eigenvalue weighted by atomic mass is 16.5. The molecule has 0 aliphatic rings. The summed E-state index contributed by atoms with van der Waals surface area (Å²) in [6.45, 7) is 3.32. The molecule has 0 radical (unpaired) electrons. The second-order valence-electron chi connectivity index (χ2n) is 3.77. The number of hydrogen-bond donors (Lipinski definition) is 3. The third-order valence-electron chi connectivity index (χ3n) is 2.61. The summed E-state index contributed by atoms with van der Waals surface area (Å²) in [5, 5.41) is 13.3. The van der Waals surface area contributed by atoms with Crippen LogP contribution >= 0.6 is 0 Å². The summed E-state index contributed by atoms with van der Waals surface area (Å²) in [4.78, 5) is 21.7. The molecule has 2 amide bonds. The number of benzene rings is 1. The van der Waals surface area contributed by atoms with Crippen LogP contribution in [0.25, 0.3) is 0 Å². The largest absolute Gasteiger partial charge is 0.496 e. The van der Waals surface area contributed by atoms with Crippen LogP contribution in [-0.4, -0.2) is 30.8 Å². The molecule has 3 N–H and O–H groups in total. The van der Waals surface area contributed by atoms with Gasteiger partial charge in [0.2, 0.25) is 0 Å². The maximum absolute atomic E-state index is 11.4. The van der Waals surface area contributed by atoms with E-state index in [9.17, 15) is 9.59 Å². The van der Waals surface area contributed by atoms with Crippen molar-refractivity contribution in [1.82, 2.24) is 5.32 Å². The first-order chi connectivity index (χ1) is 8.45. The van der Waals surface area contributed by atoms with Gasteiger partial charge in [-0.2, -0.15) is 0 Å². The van der Waals surface area contributed by atoms with Gasteiger partial charge in [0.25, 0.3) is 0 Å². The first kappa shape index (κ1) is 13.8. The van der Waals surface area contributed by atoms with E-state index in [0.717, 1.165) is 16.9 Å². The fraction of sp³-hybridized carbons (Fsp3) is 0.333. The highest BCUT2D eigenvalue weighted by Gasteiger charge is 2.09. The molecular formula is C12H16N2O4. The van der Waals surface area contributed by atoms with Crippen molar-refractivity contribution in [2.45, 2.75) is 13.8 Å². The number of urea groups is 1. The van der Waals surface area contributed by atoms with Crippen molar-refractivity contribution in [1.29, 1.82) is 0 Å². The molecule has 0 fully saturated rings. The van der Waals surface area contributed by atoms with Gasteiger partial charge in [-0.25, -0.2) is 4.79 Å². The number of nitrogens with one attached hydrogen (secondary N) is 2. The number of rotatable bonds is 4. The number of hydrogen-bond acceptors (Lipinski definition) is 3. The Labute approximate surface area is 105 Å². The molecule has 0 aliphatic carbocycles. The number of carboxylic acids is 1. The molecule has 0 heterocycles. The summed E-state index contributed by atoms with van der Waals surface area (Å²) in [6.07, 6.45) is 0. The molecule has 0 spiro atoms. The predicted molar refractivity (Wildman–Crippen MR) is 67.1 cm³/mol. The molecule has 1 aromatic rings. The maximum atomic E-state index is 11.4. The molecule has 6 heteroatoms. The average Bonchev–Trinajstić information content (AvgIpc) is 2.33. The van der Waals surface area contributed by atoms with Gasteiger partial charge in [0, 0.05) is 5.69 Å². The van der Waals surface area contributed by atoms with Gasteiger partial charge in [-0.3, -0.25) is 4.79 Å². The smallest absolute Gasteiger partial charge is 0.323 e. The Kier molecular flexibility index (Phi) is 4.53. The minimum Gasteiger partial charge on any atom is -0.496 e. The van der Waals surface area contributed by atoms with Gasteiger partial charge in [0.05, 0.1) is 7.11 Å². The van der Waals surface area contributed by atoms with Gasteiger partial charge in [-0.15, -0.1) is 0 Å². The molecule has 0 aliphatic heterocycles. The van der Waals surface area contributed by atoms with Crippen LogP contribution in [0.4, 0.5) is 10.5 Å². The summed E-state index contributed by atoms with van der Waals surface area (Å²) in [5.74, 6) is -0.350. The lowest BCUT2D eigenvalue weighted by atomic mass is 10.1. The zero-order chi connectivity index (χ0) is 13.7. The minimum atomic E-state index is -1.09. The van der Waals surface area contributed by atoms with E-state index < -0.39 is 18.5 Å². The van der Waals surface area contributed by atoms with Crippen molar-refractivity contribution >= 4 is 17.7 Å². The van der Waals surface area contributed by atoms with Crippen LogP contribution < -0.4 is 15.4 Å². The molecule has 1 aromatic carbocycles. The maximum Gasteiger partial charge on any atom is 0.323 e. The zero-order valence-corrected chi connectivity index (χ0v) is 10.5. The predicted octanol–water partition coefficient (Wildman–Crippen LogP) is 1.52. The number of carbonyl (C=O) groups is 2. The molecule has 1 rings (SSSR count). The quantitative estimate of drug-likeness (QED) is 0.758. The standard InChI is InChI=1S/C12H16N2O4/c1-7-8(2)10(18-3)5-4-9(7)14-12(17)13-6-11(15)16/h4-5H,6H2,1-3H3,(H,15,16)(H2,13,14,17). The van der Waals surface area contributed by atoms with E-state index in [2.05, 4.69) is 10.6 Å². The van der Waals surface area contributed by atoms with E-state index in [0.29, 0.717) is 5.69 Å². The van der Waals surface area contributed by atoms with Crippen molar-refractivity contribution in [2.24, 2.45) is 0 Å². The molecule has 6 nitrogen and oxygen atoms in total. The Morgan fingerprint density at radius 3 is 2.50 bits per heavy atom. The van der Waals surface area contributed by atoms with Gasteiger partial charge >= 0.3 is 12.0 Å². The van der Waals surface area contributed by atoms with Crippen LogP contribution in [0.1, 0.15) is 11.1 Å². The van der Waals surface area contributed by atoms with Gasteiger partial charge in [0.15, 0.2) is 0 Å². The van der Waals surface area contributed by atoms with E-state index in [1.54, 1.807) is 19.2 Å². The lowest BCUT2D eigenvalue weighted by Gasteiger charge is -2.13.